The smallest absolute Gasteiger partial charge is 0.254 e. The van der Waals surface area contributed by atoms with Crippen molar-refractivity contribution >= 4 is 28.3 Å². The lowest BCUT2D eigenvalue weighted by atomic mass is 10.1. The van der Waals surface area contributed by atoms with Crippen LogP contribution in [0.5, 0.6) is 0 Å². The summed E-state index contributed by atoms with van der Waals surface area (Å²) in [6, 6.07) is 11.8. The normalized spacial score (nSPS) is 14.7. The van der Waals surface area contributed by atoms with Crippen LogP contribution in [0.3, 0.4) is 0 Å². The van der Waals surface area contributed by atoms with E-state index in [0.29, 0.717) is 13.1 Å². The van der Waals surface area contributed by atoms with Crippen LogP contribution in [-0.2, 0) is 0 Å². The first-order chi connectivity index (χ1) is 12.8. The minimum atomic E-state index is 0.0998. The Morgan fingerprint density at radius 1 is 1.15 bits per heavy atom. The summed E-state index contributed by atoms with van der Waals surface area (Å²) in [5, 5.41) is 4.35. The Hall–Kier alpha value is -3.02. The van der Waals surface area contributed by atoms with Crippen molar-refractivity contribution in [2.75, 3.05) is 42.9 Å². The maximum absolute atomic E-state index is 13.0. The van der Waals surface area contributed by atoms with Gasteiger partial charge in [0.15, 0.2) is 5.82 Å². The van der Waals surface area contributed by atoms with Crippen molar-refractivity contribution in [1.29, 1.82) is 0 Å². The minimum Gasteiger partial charge on any atom is -0.382 e. The number of hydrogen-bond acceptors (Lipinski definition) is 4. The first kappa shape index (κ1) is 16.4. The van der Waals surface area contributed by atoms with Gasteiger partial charge in [0, 0.05) is 61.6 Å². The standard InChI is InChI=1S/C20H23N5O/c1-2-21-18-7-4-9-23-19(18)24-11-13-25(14-12-24)20(26)16-5-3-6-17-15(16)8-10-22-17/h3-10,21-22H,2,11-14H2,1H3. The van der Waals surface area contributed by atoms with Crippen LogP contribution in [-0.4, -0.2) is 53.5 Å². The number of carbonyl (C=O) groups excluding carboxylic acids is 1. The van der Waals surface area contributed by atoms with Gasteiger partial charge >= 0.3 is 0 Å². The molecule has 1 fully saturated rings. The van der Waals surface area contributed by atoms with Crippen molar-refractivity contribution in [3.8, 4) is 0 Å². The lowest BCUT2D eigenvalue weighted by Crippen LogP contribution is -2.49. The van der Waals surface area contributed by atoms with Crippen molar-refractivity contribution < 1.29 is 4.79 Å². The Morgan fingerprint density at radius 3 is 2.81 bits per heavy atom. The fourth-order valence-electron chi connectivity index (χ4n) is 3.54. The maximum atomic E-state index is 13.0. The van der Waals surface area contributed by atoms with E-state index in [1.165, 1.54) is 0 Å². The van der Waals surface area contributed by atoms with E-state index in [9.17, 15) is 4.79 Å². The average Bonchev–Trinajstić information content (AvgIpc) is 3.17. The second-order valence-corrected chi connectivity index (χ2v) is 6.43. The van der Waals surface area contributed by atoms with Gasteiger partial charge in [0.1, 0.15) is 0 Å². The second kappa shape index (κ2) is 7.07. The van der Waals surface area contributed by atoms with Gasteiger partial charge in [-0.25, -0.2) is 4.98 Å². The summed E-state index contributed by atoms with van der Waals surface area (Å²) in [6.45, 7) is 5.89. The fourth-order valence-corrected chi connectivity index (χ4v) is 3.54. The number of pyridine rings is 1. The molecule has 0 aliphatic carbocycles. The molecule has 2 aromatic heterocycles. The largest absolute Gasteiger partial charge is 0.382 e. The van der Waals surface area contributed by atoms with E-state index in [4.69, 9.17) is 0 Å². The van der Waals surface area contributed by atoms with E-state index in [-0.39, 0.29) is 5.91 Å². The van der Waals surface area contributed by atoms with E-state index < -0.39 is 0 Å². The highest BCUT2D eigenvalue weighted by Gasteiger charge is 2.25. The summed E-state index contributed by atoms with van der Waals surface area (Å²) in [5.74, 6) is 1.07. The zero-order valence-corrected chi connectivity index (χ0v) is 14.9. The van der Waals surface area contributed by atoms with E-state index in [2.05, 4.69) is 33.2 Å². The van der Waals surface area contributed by atoms with Crippen LogP contribution in [0.1, 0.15) is 17.3 Å². The van der Waals surface area contributed by atoms with Crippen molar-refractivity contribution in [3.05, 3.63) is 54.4 Å². The summed E-state index contributed by atoms with van der Waals surface area (Å²) in [6.07, 6.45) is 3.70. The Morgan fingerprint density at radius 2 is 2.00 bits per heavy atom. The molecule has 0 bridgehead atoms. The number of amides is 1. The van der Waals surface area contributed by atoms with Gasteiger partial charge in [-0.1, -0.05) is 6.07 Å². The molecular formula is C20H23N5O. The van der Waals surface area contributed by atoms with Crippen molar-refractivity contribution in [2.24, 2.45) is 0 Å². The number of aromatic amines is 1. The van der Waals surface area contributed by atoms with Crippen LogP contribution in [0.15, 0.2) is 48.8 Å². The lowest BCUT2D eigenvalue weighted by Gasteiger charge is -2.36. The topological polar surface area (TPSA) is 64.3 Å². The molecule has 4 rings (SSSR count). The zero-order valence-electron chi connectivity index (χ0n) is 14.9. The Kier molecular flexibility index (Phi) is 4.48. The number of H-pyrrole nitrogens is 1. The Bertz CT molecular complexity index is 911. The molecule has 2 N–H and O–H groups in total. The van der Waals surface area contributed by atoms with Crippen molar-refractivity contribution in [2.45, 2.75) is 6.92 Å². The first-order valence-electron chi connectivity index (χ1n) is 9.07. The summed E-state index contributed by atoms with van der Waals surface area (Å²) in [5.41, 5.74) is 2.81. The zero-order chi connectivity index (χ0) is 17.9. The molecule has 1 aliphatic rings. The van der Waals surface area contributed by atoms with Crippen molar-refractivity contribution in [3.63, 3.8) is 0 Å². The van der Waals surface area contributed by atoms with Gasteiger partial charge in [0.2, 0.25) is 0 Å². The average molecular weight is 349 g/mol. The molecule has 3 aromatic rings. The molecule has 26 heavy (non-hydrogen) atoms. The molecule has 1 amide bonds. The van der Waals surface area contributed by atoms with Crippen LogP contribution in [0.25, 0.3) is 10.9 Å². The van der Waals surface area contributed by atoms with Gasteiger partial charge in [0.05, 0.1) is 5.69 Å². The lowest BCUT2D eigenvalue weighted by molar-refractivity contribution is 0.0748. The molecule has 1 aromatic carbocycles. The van der Waals surface area contributed by atoms with Crippen LogP contribution in [0.4, 0.5) is 11.5 Å². The van der Waals surface area contributed by atoms with Crippen LogP contribution >= 0.6 is 0 Å². The molecule has 0 radical (unpaired) electrons. The number of anilines is 2. The summed E-state index contributed by atoms with van der Waals surface area (Å²) >= 11 is 0. The summed E-state index contributed by atoms with van der Waals surface area (Å²) < 4.78 is 0. The van der Waals surface area contributed by atoms with E-state index in [1.54, 1.807) is 0 Å². The van der Waals surface area contributed by atoms with Crippen LogP contribution < -0.4 is 10.2 Å². The number of nitrogens with zero attached hydrogens (tertiary/aromatic N) is 3. The molecule has 1 aliphatic heterocycles. The summed E-state index contributed by atoms with van der Waals surface area (Å²) in [4.78, 5) is 24.9. The number of piperazine rings is 1. The third-order valence-corrected chi connectivity index (χ3v) is 4.85. The second-order valence-electron chi connectivity index (χ2n) is 6.43. The molecule has 0 saturated carbocycles. The van der Waals surface area contributed by atoms with Crippen molar-refractivity contribution in [1.82, 2.24) is 14.9 Å². The fraction of sp³-hybridized carbons (Fsp3) is 0.300. The number of carbonyl (C=O) groups is 1. The molecule has 0 unspecified atom stereocenters. The molecular weight excluding hydrogens is 326 g/mol. The van der Waals surface area contributed by atoms with E-state index in [1.807, 2.05) is 47.6 Å². The van der Waals surface area contributed by atoms with Crippen LogP contribution in [0, 0.1) is 0 Å². The quantitative estimate of drug-likeness (QED) is 0.760. The maximum Gasteiger partial charge on any atom is 0.254 e. The molecule has 0 atom stereocenters. The molecule has 6 nitrogen and oxygen atoms in total. The first-order valence-corrected chi connectivity index (χ1v) is 9.07. The SMILES string of the molecule is CCNc1cccnc1N1CCN(C(=O)c2cccc3[nH]ccc23)CC1. The van der Waals surface area contributed by atoms with Gasteiger partial charge in [-0.2, -0.15) is 0 Å². The highest BCUT2D eigenvalue weighted by molar-refractivity contribution is 6.06. The number of fused-ring (bicyclic) bond motifs is 1. The van der Waals surface area contributed by atoms with Gasteiger partial charge in [-0.15, -0.1) is 0 Å². The Labute approximate surface area is 152 Å². The van der Waals surface area contributed by atoms with Gasteiger partial charge in [-0.3, -0.25) is 4.79 Å². The number of benzene rings is 1. The minimum absolute atomic E-state index is 0.0998. The van der Waals surface area contributed by atoms with E-state index >= 15 is 0 Å². The predicted octanol–water partition coefficient (Wildman–Crippen LogP) is 2.96. The van der Waals surface area contributed by atoms with Gasteiger partial charge in [-0.05, 0) is 37.3 Å². The number of hydrogen-bond donors (Lipinski definition) is 2. The third-order valence-electron chi connectivity index (χ3n) is 4.85. The molecule has 6 heteroatoms. The molecule has 0 spiro atoms. The van der Waals surface area contributed by atoms with E-state index in [0.717, 1.165) is 47.6 Å². The highest BCUT2D eigenvalue weighted by atomic mass is 16.2. The number of rotatable bonds is 4. The molecule has 3 heterocycles. The third kappa shape index (κ3) is 2.98. The van der Waals surface area contributed by atoms with Gasteiger partial charge in [0.25, 0.3) is 5.91 Å². The summed E-state index contributed by atoms with van der Waals surface area (Å²) in [7, 11) is 0. The Balaban J connectivity index is 1.49. The number of nitrogens with one attached hydrogen (secondary N) is 2. The molecule has 1 saturated heterocycles. The highest BCUT2D eigenvalue weighted by Crippen LogP contribution is 2.25. The predicted molar refractivity (Wildman–Crippen MR) is 105 cm³/mol. The number of aromatic nitrogens is 2. The van der Waals surface area contributed by atoms with Gasteiger partial charge < -0.3 is 20.1 Å². The van der Waals surface area contributed by atoms with Crippen LogP contribution in [0.2, 0.25) is 0 Å². The monoisotopic (exact) mass is 349 g/mol. The molecule has 134 valence electrons.